The van der Waals surface area contributed by atoms with Gasteiger partial charge in [-0.1, -0.05) is 24.2 Å². The van der Waals surface area contributed by atoms with Gasteiger partial charge in [0.15, 0.2) is 0 Å². The molecule has 4 fully saturated rings. The Morgan fingerprint density at radius 1 is 0.913 bits per heavy atom. The molecule has 128 valence electrons. The lowest BCUT2D eigenvalue weighted by Crippen LogP contribution is -2.53. The van der Waals surface area contributed by atoms with Gasteiger partial charge in [0.1, 0.15) is 0 Å². The lowest BCUT2D eigenvalue weighted by atomic mass is 9.45. The normalized spacial score (nSPS) is 53.0. The molecule has 4 saturated carbocycles. The molecule has 0 amide bonds. The van der Waals surface area contributed by atoms with Gasteiger partial charge < -0.3 is 10.4 Å². The lowest BCUT2D eigenvalue weighted by molar-refractivity contribution is -0.0819. The van der Waals surface area contributed by atoms with Crippen molar-refractivity contribution >= 4 is 11.4 Å². The van der Waals surface area contributed by atoms with Crippen LogP contribution < -0.4 is 0 Å². The van der Waals surface area contributed by atoms with E-state index in [0.717, 1.165) is 42.5 Å². The summed E-state index contributed by atoms with van der Waals surface area (Å²) in [5, 5.41) is 25.8. The molecule has 0 aromatic carbocycles. The van der Waals surface area contributed by atoms with E-state index in [1.807, 2.05) is 0 Å². The van der Waals surface area contributed by atoms with Crippen LogP contribution in [-0.4, -0.2) is 21.8 Å². The molecular formula is C19H30N2O2. The molecule has 4 aliphatic rings. The minimum Gasteiger partial charge on any atom is -0.411 e. The molecule has 0 heterocycles. The molecule has 0 spiro atoms. The van der Waals surface area contributed by atoms with Crippen molar-refractivity contribution in [1.29, 1.82) is 0 Å². The molecule has 3 unspecified atom stereocenters. The van der Waals surface area contributed by atoms with E-state index in [1.165, 1.54) is 38.5 Å². The van der Waals surface area contributed by atoms with Crippen molar-refractivity contribution in [3.63, 3.8) is 0 Å². The molecule has 23 heavy (non-hydrogen) atoms. The molecule has 0 radical (unpaired) electrons. The predicted octanol–water partition coefficient (Wildman–Crippen LogP) is 4.69. The second-order valence-electron chi connectivity index (χ2n) is 9.07. The number of fused-ring (bicyclic) bond motifs is 5. The standard InChI is InChI=1S/C19H30N2O2/c1-18-9-7-13(20-22)11-12(18)3-4-14-15-5-6-17(21-23)19(15,2)10-8-16(14)18/h12,14-16,22-23H,3-11H2,1-2H3/b20-13+,21-17?/t12-,14?,15?,16?,18-,19-/m0/s1. The van der Waals surface area contributed by atoms with Crippen LogP contribution in [0.5, 0.6) is 0 Å². The number of rotatable bonds is 0. The first kappa shape index (κ1) is 15.5. The molecule has 0 bridgehead atoms. The molecule has 0 aromatic heterocycles. The molecular weight excluding hydrogens is 288 g/mol. The number of hydrogen-bond donors (Lipinski definition) is 2. The van der Waals surface area contributed by atoms with Gasteiger partial charge in [0.25, 0.3) is 0 Å². The van der Waals surface area contributed by atoms with E-state index in [4.69, 9.17) is 5.21 Å². The largest absolute Gasteiger partial charge is 0.411 e. The zero-order valence-corrected chi connectivity index (χ0v) is 14.5. The second kappa shape index (κ2) is 5.22. The minimum absolute atomic E-state index is 0.144. The first-order chi connectivity index (χ1) is 11.0. The van der Waals surface area contributed by atoms with Crippen LogP contribution in [0.2, 0.25) is 0 Å². The van der Waals surface area contributed by atoms with E-state index in [0.29, 0.717) is 17.3 Å². The summed E-state index contributed by atoms with van der Waals surface area (Å²) in [6.07, 6.45) is 10.4. The van der Waals surface area contributed by atoms with Gasteiger partial charge in [-0.25, -0.2) is 0 Å². The number of nitrogens with zero attached hydrogens (tertiary/aromatic N) is 2. The Morgan fingerprint density at radius 2 is 1.74 bits per heavy atom. The van der Waals surface area contributed by atoms with Crippen molar-refractivity contribution in [3.05, 3.63) is 0 Å². The third kappa shape index (κ3) is 2.02. The van der Waals surface area contributed by atoms with E-state index in [-0.39, 0.29) is 5.41 Å². The first-order valence-corrected chi connectivity index (χ1v) is 9.44. The number of hydrogen-bond acceptors (Lipinski definition) is 4. The van der Waals surface area contributed by atoms with Crippen molar-refractivity contribution in [3.8, 4) is 0 Å². The topological polar surface area (TPSA) is 65.2 Å². The summed E-state index contributed by atoms with van der Waals surface area (Å²) < 4.78 is 0. The van der Waals surface area contributed by atoms with Gasteiger partial charge in [-0.2, -0.15) is 0 Å². The van der Waals surface area contributed by atoms with Crippen molar-refractivity contribution in [2.45, 2.75) is 71.6 Å². The lowest BCUT2D eigenvalue weighted by Gasteiger charge is -2.59. The quantitative estimate of drug-likeness (QED) is 0.502. The highest BCUT2D eigenvalue weighted by Crippen LogP contribution is 2.65. The summed E-state index contributed by atoms with van der Waals surface area (Å²) in [5.41, 5.74) is 2.64. The van der Waals surface area contributed by atoms with Crippen LogP contribution in [0.25, 0.3) is 0 Å². The van der Waals surface area contributed by atoms with E-state index < -0.39 is 0 Å². The van der Waals surface area contributed by atoms with Gasteiger partial charge in [-0.05, 0) is 86.9 Å². The predicted molar refractivity (Wildman–Crippen MR) is 90.2 cm³/mol. The van der Waals surface area contributed by atoms with Gasteiger partial charge >= 0.3 is 0 Å². The third-order valence-corrected chi connectivity index (χ3v) is 8.50. The van der Waals surface area contributed by atoms with E-state index in [1.54, 1.807) is 0 Å². The molecule has 4 rings (SSSR count). The smallest absolute Gasteiger partial charge is 0.0632 e. The summed E-state index contributed by atoms with van der Waals surface area (Å²) in [6.45, 7) is 4.86. The van der Waals surface area contributed by atoms with Gasteiger partial charge in [0.05, 0.1) is 11.4 Å². The Bertz CT molecular complexity index is 558. The third-order valence-electron chi connectivity index (χ3n) is 8.50. The first-order valence-electron chi connectivity index (χ1n) is 9.44. The van der Waals surface area contributed by atoms with Crippen LogP contribution in [-0.2, 0) is 0 Å². The highest BCUT2D eigenvalue weighted by Gasteiger charge is 2.59. The van der Waals surface area contributed by atoms with Crippen molar-refractivity contribution in [2.24, 2.45) is 44.8 Å². The Balaban J connectivity index is 1.63. The molecule has 4 heteroatoms. The average molecular weight is 318 g/mol. The Labute approximate surface area is 139 Å². The van der Waals surface area contributed by atoms with Crippen LogP contribution in [0.1, 0.15) is 71.6 Å². The summed E-state index contributed by atoms with van der Waals surface area (Å²) in [6, 6.07) is 0. The molecule has 4 aliphatic carbocycles. The van der Waals surface area contributed by atoms with Gasteiger partial charge in [0, 0.05) is 5.41 Å². The van der Waals surface area contributed by atoms with Crippen LogP contribution in [0.3, 0.4) is 0 Å². The summed E-state index contributed by atoms with van der Waals surface area (Å²) in [5.74, 6) is 3.00. The Morgan fingerprint density at radius 3 is 2.48 bits per heavy atom. The molecule has 2 N–H and O–H groups in total. The van der Waals surface area contributed by atoms with E-state index in [9.17, 15) is 5.21 Å². The van der Waals surface area contributed by atoms with Gasteiger partial charge in [-0.3, -0.25) is 0 Å². The van der Waals surface area contributed by atoms with Crippen LogP contribution in [0.15, 0.2) is 10.3 Å². The zero-order chi connectivity index (χ0) is 16.2. The second-order valence-corrected chi connectivity index (χ2v) is 9.07. The molecule has 0 aliphatic heterocycles. The van der Waals surface area contributed by atoms with Crippen LogP contribution in [0, 0.1) is 34.5 Å². The number of oxime groups is 2. The monoisotopic (exact) mass is 318 g/mol. The highest BCUT2D eigenvalue weighted by molar-refractivity contribution is 5.92. The van der Waals surface area contributed by atoms with E-state index in [2.05, 4.69) is 24.2 Å². The Hall–Kier alpha value is -1.06. The van der Waals surface area contributed by atoms with Crippen LogP contribution in [0.4, 0.5) is 0 Å². The van der Waals surface area contributed by atoms with Crippen molar-refractivity contribution in [2.75, 3.05) is 0 Å². The molecule has 0 saturated heterocycles. The van der Waals surface area contributed by atoms with Crippen molar-refractivity contribution in [1.82, 2.24) is 0 Å². The van der Waals surface area contributed by atoms with Crippen molar-refractivity contribution < 1.29 is 10.4 Å². The highest BCUT2D eigenvalue weighted by atomic mass is 16.4. The summed E-state index contributed by atoms with van der Waals surface area (Å²) in [7, 11) is 0. The fraction of sp³-hybridized carbons (Fsp3) is 0.895. The maximum Gasteiger partial charge on any atom is 0.0632 e. The average Bonchev–Trinajstić information content (AvgIpc) is 2.90. The minimum atomic E-state index is 0.144. The zero-order valence-electron chi connectivity index (χ0n) is 14.5. The fourth-order valence-corrected chi connectivity index (χ4v) is 7.10. The van der Waals surface area contributed by atoms with Crippen LogP contribution >= 0.6 is 0 Å². The summed E-state index contributed by atoms with van der Waals surface area (Å²) in [4.78, 5) is 0. The molecule has 4 nitrogen and oxygen atoms in total. The summed E-state index contributed by atoms with van der Waals surface area (Å²) >= 11 is 0. The fourth-order valence-electron chi connectivity index (χ4n) is 7.10. The molecule has 0 aromatic rings. The van der Waals surface area contributed by atoms with Gasteiger partial charge in [-0.15, -0.1) is 0 Å². The van der Waals surface area contributed by atoms with Gasteiger partial charge in [0.2, 0.25) is 0 Å². The SMILES string of the molecule is C[C@]12CCC3C(CC[C@H]4C/C(=N/O)CC[C@]34C)C1CCC2=NO. The Kier molecular flexibility index (Phi) is 3.51. The molecule has 6 atom stereocenters. The van der Waals surface area contributed by atoms with E-state index >= 15 is 0 Å². The maximum atomic E-state index is 9.41. The maximum absolute atomic E-state index is 9.41.